The van der Waals surface area contributed by atoms with E-state index in [0.717, 1.165) is 25.1 Å². The van der Waals surface area contributed by atoms with Crippen LogP contribution >= 0.6 is 11.8 Å². The van der Waals surface area contributed by atoms with E-state index in [9.17, 15) is 8.42 Å². The maximum absolute atomic E-state index is 12.4. The van der Waals surface area contributed by atoms with E-state index in [1.165, 1.54) is 4.31 Å². The highest BCUT2D eigenvalue weighted by atomic mass is 32.2. The van der Waals surface area contributed by atoms with E-state index in [4.69, 9.17) is 0 Å². The molecule has 0 bridgehead atoms. The lowest BCUT2D eigenvalue weighted by Gasteiger charge is -2.33. The molecule has 1 saturated heterocycles. The second-order valence-corrected chi connectivity index (χ2v) is 7.99. The lowest BCUT2D eigenvalue weighted by atomic mass is 10.3. The van der Waals surface area contributed by atoms with E-state index in [1.54, 1.807) is 11.4 Å². The van der Waals surface area contributed by atoms with Gasteiger partial charge in [0.2, 0.25) is 0 Å². The summed E-state index contributed by atoms with van der Waals surface area (Å²) in [6, 6.07) is 0. The van der Waals surface area contributed by atoms with Gasteiger partial charge in [0, 0.05) is 37.7 Å². The van der Waals surface area contributed by atoms with Crippen molar-refractivity contribution in [3.8, 4) is 0 Å². The van der Waals surface area contributed by atoms with Gasteiger partial charge in [0.15, 0.2) is 0 Å². The van der Waals surface area contributed by atoms with Crippen LogP contribution in [0.1, 0.15) is 19.8 Å². The molecule has 0 saturated carbocycles. The predicted molar refractivity (Wildman–Crippen MR) is 78.2 cm³/mol. The Bertz CT molecular complexity index is 335. The van der Waals surface area contributed by atoms with Crippen molar-refractivity contribution >= 4 is 22.0 Å². The topological polar surface area (TPSA) is 52.7 Å². The second-order valence-electron chi connectivity index (χ2n) is 4.55. The Morgan fingerprint density at radius 2 is 2.22 bits per heavy atom. The third-order valence-corrected chi connectivity index (χ3v) is 6.50. The fourth-order valence-electron chi connectivity index (χ4n) is 1.94. The largest absolute Gasteiger partial charge is 0.320 e. The third-order valence-electron chi connectivity index (χ3n) is 3.18. The predicted octanol–water partition coefficient (Wildman–Crippen LogP) is 0.600. The zero-order chi connectivity index (χ0) is 13.6. The molecular weight excluding hydrogens is 270 g/mol. The first kappa shape index (κ1) is 16.2. The molecule has 1 fully saturated rings. The van der Waals surface area contributed by atoms with Gasteiger partial charge in [-0.3, -0.25) is 0 Å². The smallest absolute Gasteiger partial charge is 0.281 e. The van der Waals surface area contributed by atoms with Crippen molar-refractivity contribution in [2.24, 2.45) is 0 Å². The molecule has 1 heterocycles. The minimum Gasteiger partial charge on any atom is -0.320 e. The quantitative estimate of drug-likeness (QED) is 0.699. The Hall–Kier alpha value is 0.180. The summed E-state index contributed by atoms with van der Waals surface area (Å²) in [5.41, 5.74) is 0. The van der Waals surface area contributed by atoms with Crippen molar-refractivity contribution < 1.29 is 8.42 Å². The van der Waals surface area contributed by atoms with E-state index in [-0.39, 0.29) is 0 Å². The average molecular weight is 295 g/mol. The molecule has 18 heavy (non-hydrogen) atoms. The Morgan fingerprint density at radius 1 is 1.50 bits per heavy atom. The second kappa shape index (κ2) is 7.69. The maximum atomic E-state index is 12.4. The minimum absolute atomic E-state index is 0.444. The van der Waals surface area contributed by atoms with E-state index in [2.05, 4.69) is 12.2 Å². The monoisotopic (exact) mass is 295 g/mol. The van der Waals surface area contributed by atoms with Crippen LogP contribution < -0.4 is 5.32 Å². The highest BCUT2D eigenvalue weighted by Crippen LogP contribution is 2.23. The number of hydrogen-bond acceptors (Lipinski definition) is 4. The lowest BCUT2D eigenvalue weighted by molar-refractivity contribution is 0.359. The number of rotatable bonds is 7. The summed E-state index contributed by atoms with van der Waals surface area (Å²) in [5.74, 6) is 0.905. The van der Waals surface area contributed by atoms with Gasteiger partial charge in [0.05, 0.1) is 0 Å². The number of thioether (sulfide) groups is 1. The van der Waals surface area contributed by atoms with Crippen molar-refractivity contribution in [1.82, 2.24) is 13.9 Å². The Kier molecular flexibility index (Phi) is 6.94. The van der Waals surface area contributed by atoms with Gasteiger partial charge in [-0.2, -0.15) is 28.8 Å². The standard InChI is InChI=1S/C11H25N3O2S2/c1-4-11-10-14(8-9-17-11)18(15,16)13(3)7-5-6-12-2/h11-12H,4-10H2,1-3H3. The van der Waals surface area contributed by atoms with Gasteiger partial charge in [-0.1, -0.05) is 6.92 Å². The molecule has 0 aromatic carbocycles. The summed E-state index contributed by atoms with van der Waals surface area (Å²) in [4.78, 5) is 0. The molecule has 0 radical (unpaired) electrons. The van der Waals surface area contributed by atoms with E-state index in [1.807, 2.05) is 18.8 Å². The van der Waals surface area contributed by atoms with Gasteiger partial charge in [0.25, 0.3) is 10.2 Å². The summed E-state index contributed by atoms with van der Waals surface area (Å²) < 4.78 is 27.8. The summed E-state index contributed by atoms with van der Waals surface area (Å²) in [7, 11) is 0.292. The van der Waals surface area contributed by atoms with Crippen LogP contribution in [0.5, 0.6) is 0 Å². The van der Waals surface area contributed by atoms with Gasteiger partial charge in [0.1, 0.15) is 0 Å². The maximum Gasteiger partial charge on any atom is 0.281 e. The van der Waals surface area contributed by atoms with Crippen LogP contribution in [0.2, 0.25) is 0 Å². The molecule has 1 N–H and O–H groups in total. The third kappa shape index (κ3) is 4.38. The summed E-state index contributed by atoms with van der Waals surface area (Å²) in [5, 5.41) is 3.48. The molecule has 1 rings (SSSR count). The van der Waals surface area contributed by atoms with E-state index in [0.29, 0.717) is 24.9 Å². The van der Waals surface area contributed by atoms with Crippen LogP contribution in [0.25, 0.3) is 0 Å². The number of nitrogens with zero attached hydrogens (tertiary/aromatic N) is 2. The Morgan fingerprint density at radius 3 is 2.83 bits per heavy atom. The fourth-order valence-corrected chi connectivity index (χ4v) is 4.77. The lowest BCUT2D eigenvalue weighted by Crippen LogP contribution is -2.48. The van der Waals surface area contributed by atoms with Gasteiger partial charge in [-0.05, 0) is 26.4 Å². The molecule has 0 spiro atoms. The highest BCUT2D eigenvalue weighted by molar-refractivity contribution is 8.00. The van der Waals surface area contributed by atoms with Crippen molar-refractivity contribution in [1.29, 1.82) is 0 Å². The molecule has 7 heteroatoms. The van der Waals surface area contributed by atoms with Crippen molar-refractivity contribution in [3.05, 3.63) is 0 Å². The molecule has 5 nitrogen and oxygen atoms in total. The van der Waals surface area contributed by atoms with Gasteiger partial charge >= 0.3 is 0 Å². The normalized spacial score (nSPS) is 22.6. The van der Waals surface area contributed by atoms with Crippen molar-refractivity contribution in [3.63, 3.8) is 0 Å². The first-order valence-electron chi connectivity index (χ1n) is 6.50. The summed E-state index contributed by atoms with van der Waals surface area (Å²) in [6.07, 6.45) is 1.87. The Labute approximate surface area is 115 Å². The molecule has 1 aliphatic rings. The first-order chi connectivity index (χ1) is 8.52. The molecule has 0 aliphatic carbocycles. The highest BCUT2D eigenvalue weighted by Gasteiger charge is 2.31. The van der Waals surface area contributed by atoms with Crippen LogP contribution in [0.3, 0.4) is 0 Å². The molecule has 0 aromatic rings. The molecule has 0 amide bonds. The number of nitrogens with one attached hydrogen (secondary N) is 1. The van der Waals surface area contributed by atoms with E-state index < -0.39 is 10.2 Å². The van der Waals surface area contributed by atoms with Crippen LogP contribution in [0, 0.1) is 0 Å². The van der Waals surface area contributed by atoms with E-state index >= 15 is 0 Å². The molecule has 1 aliphatic heterocycles. The molecular formula is C11H25N3O2S2. The van der Waals surface area contributed by atoms with Gasteiger partial charge in [-0.15, -0.1) is 0 Å². The van der Waals surface area contributed by atoms with Gasteiger partial charge < -0.3 is 5.32 Å². The van der Waals surface area contributed by atoms with Gasteiger partial charge in [-0.25, -0.2) is 0 Å². The van der Waals surface area contributed by atoms with Crippen molar-refractivity contribution in [2.45, 2.75) is 25.0 Å². The van der Waals surface area contributed by atoms with Crippen molar-refractivity contribution in [2.75, 3.05) is 46.0 Å². The van der Waals surface area contributed by atoms with Crippen LogP contribution in [0.15, 0.2) is 0 Å². The minimum atomic E-state index is -3.26. The van der Waals surface area contributed by atoms with Crippen LogP contribution in [0.4, 0.5) is 0 Å². The zero-order valence-electron chi connectivity index (χ0n) is 11.6. The molecule has 0 aromatic heterocycles. The summed E-state index contributed by atoms with van der Waals surface area (Å²) >= 11 is 1.88. The zero-order valence-corrected chi connectivity index (χ0v) is 13.2. The average Bonchev–Trinajstić information content (AvgIpc) is 2.39. The van der Waals surface area contributed by atoms with Crippen LogP contribution in [-0.2, 0) is 10.2 Å². The Balaban J connectivity index is 2.55. The molecule has 1 atom stereocenters. The SMILES string of the molecule is CCC1CN(S(=O)(=O)N(C)CCCNC)CCS1. The first-order valence-corrected chi connectivity index (χ1v) is 8.94. The molecule has 108 valence electrons. The number of hydrogen-bond donors (Lipinski definition) is 1. The fraction of sp³-hybridized carbons (Fsp3) is 1.00. The van der Waals surface area contributed by atoms with Crippen LogP contribution in [-0.4, -0.2) is 68.3 Å². The summed E-state index contributed by atoms with van der Waals surface area (Å²) in [6.45, 7) is 4.82. The molecule has 1 unspecified atom stereocenters.